The van der Waals surface area contributed by atoms with E-state index in [0.717, 1.165) is 22.3 Å². The first kappa shape index (κ1) is 39.1. The molecule has 9 nitrogen and oxygen atoms in total. The highest BCUT2D eigenvalue weighted by atomic mass is 16.5. The summed E-state index contributed by atoms with van der Waals surface area (Å²) < 4.78 is 24.7. The molecule has 0 bridgehead atoms. The van der Waals surface area contributed by atoms with Crippen LogP contribution in [0.5, 0.6) is 23.0 Å². The molecule has 1 atom stereocenters. The molecule has 2 amide bonds. The smallest absolute Gasteiger partial charge is 0.255 e. The highest BCUT2D eigenvalue weighted by molar-refractivity contribution is 5.98. The van der Waals surface area contributed by atoms with Gasteiger partial charge in [0.2, 0.25) is 0 Å². The molecule has 6 rings (SSSR count). The van der Waals surface area contributed by atoms with Crippen molar-refractivity contribution in [1.29, 1.82) is 0 Å². The molecular formula is C47H46N2O7. The number of hydrogen-bond donors (Lipinski definition) is 3. The van der Waals surface area contributed by atoms with Crippen LogP contribution in [0.4, 0.5) is 0 Å². The third-order valence-electron chi connectivity index (χ3n) is 8.94. The fraction of sp³-hybridized carbons (Fsp3) is 0.191. The van der Waals surface area contributed by atoms with Crippen LogP contribution in [0.2, 0.25) is 0 Å². The number of aliphatic hydroxyl groups excluding tert-OH is 1. The SMILES string of the molecule is O=C(NCCC[C@@H](CO)NC(=O)c1cccc(OCc2ccccc2)c1OCc1ccccc1)c1cccc(OCc2ccccc2)c1OCc1ccccc1. The van der Waals surface area contributed by atoms with Gasteiger partial charge in [-0.05, 0) is 59.4 Å². The van der Waals surface area contributed by atoms with Gasteiger partial charge in [0.25, 0.3) is 11.8 Å². The average molecular weight is 751 g/mol. The van der Waals surface area contributed by atoms with E-state index in [0.29, 0.717) is 61.2 Å². The van der Waals surface area contributed by atoms with Crippen molar-refractivity contribution in [3.8, 4) is 23.0 Å². The Morgan fingerprint density at radius 3 is 1.29 bits per heavy atom. The van der Waals surface area contributed by atoms with Crippen LogP contribution in [0.25, 0.3) is 0 Å². The number of carbonyl (C=O) groups excluding carboxylic acids is 2. The number of hydrogen-bond acceptors (Lipinski definition) is 7. The average Bonchev–Trinajstić information content (AvgIpc) is 3.25. The number of rotatable bonds is 20. The first-order chi connectivity index (χ1) is 27.6. The normalized spacial score (nSPS) is 11.2. The van der Waals surface area contributed by atoms with Crippen LogP contribution >= 0.6 is 0 Å². The van der Waals surface area contributed by atoms with Crippen LogP contribution in [-0.4, -0.2) is 36.1 Å². The predicted molar refractivity (Wildman–Crippen MR) is 216 cm³/mol. The largest absolute Gasteiger partial charge is 0.485 e. The Balaban J connectivity index is 1.08. The summed E-state index contributed by atoms with van der Waals surface area (Å²) in [5.41, 5.74) is 4.49. The molecule has 9 heteroatoms. The zero-order valence-electron chi connectivity index (χ0n) is 31.1. The summed E-state index contributed by atoms with van der Waals surface area (Å²) in [7, 11) is 0. The lowest BCUT2D eigenvalue weighted by Gasteiger charge is -2.20. The zero-order chi connectivity index (χ0) is 38.8. The number of nitrogens with one attached hydrogen (secondary N) is 2. The highest BCUT2D eigenvalue weighted by Crippen LogP contribution is 2.34. The Hall–Kier alpha value is -6.58. The van der Waals surface area contributed by atoms with Gasteiger partial charge in [-0.3, -0.25) is 9.59 Å². The number of para-hydroxylation sites is 2. The van der Waals surface area contributed by atoms with Gasteiger partial charge in [0.1, 0.15) is 26.4 Å². The molecule has 0 aliphatic heterocycles. The molecule has 3 N–H and O–H groups in total. The minimum absolute atomic E-state index is 0.233. The van der Waals surface area contributed by atoms with Crippen LogP contribution in [0.3, 0.4) is 0 Å². The summed E-state index contributed by atoms with van der Waals surface area (Å²) in [6, 6.07) is 48.8. The lowest BCUT2D eigenvalue weighted by Crippen LogP contribution is -2.38. The number of amides is 2. The van der Waals surface area contributed by atoms with Crippen molar-refractivity contribution in [2.24, 2.45) is 0 Å². The molecule has 286 valence electrons. The van der Waals surface area contributed by atoms with Gasteiger partial charge in [0.05, 0.1) is 23.8 Å². The Kier molecular flexibility index (Phi) is 14.5. The number of carbonyl (C=O) groups is 2. The van der Waals surface area contributed by atoms with Gasteiger partial charge in [-0.2, -0.15) is 0 Å². The van der Waals surface area contributed by atoms with Gasteiger partial charge < -0.3 is 34.7 Å². The third kappa shape index (κ3) is 11.5. The van der Waals surface area contributed by atoms with E-state index in [9.17, 15) is 14.7 Å². The zero-order valence-corrected chi connectivity index (χ0v) is 31.1. The van der Waals surface area contributed by atoms with E-state index in [4.69, 9.17) is 18.9 Å². The summed E-state index contributed by atoms with van der Waals surface area (Å²) in [6.45, 7) is 1.11. The van der Waals surface area contributed by atoms with Gasteiger partial charge in [-0.25, -0.2) is 0 Å². The third-order valence-corrected chi connectivity index (χ3v) is 8.94. The molecule has 0 saturated carbocycles. The first-order valence-corrected chi connectivity index (χ1v) is 18.7. The second kappa shape index (κ2) is 20.8. The molecule has 56 heavy (non-hydrogen) atoms. The summed E-state index contributed by atoms with van der Waals surface area (Å²) in [6.07, 6.45) is 0.893. The second-order valence-corrected chi connectivity index (χ2v) is 13.1. The van der Waals surface area contributed by atoms with E-state index in [2.05, 4.69) is 10.6 Å². The molecule has 0 heterocycles. The Bertz CT molecular complexity index is 2110. The fourth-order valence-corrected chi connectivity index (χ4v) is 5.96. The van der Waals surface area contributed by atoms with Gasteiger partial charge in [-0.1, -0.05) is 133 Å². The molecule has 0 aliphatic rings. The predicted octanol–water partition coefficient (Wildman–Crippen LogP) is 8.30. The van der Waals surface area contributed by atoms with Gasteiger partial charge in [0, 0.05) is 6.54 Å². The molecule has 0 fully saturated rings. The highest BCUT2D eigenvalue weighted by Gasteiger charge is 2.22. The van der Waals surface area contributed by atoms with Crippen LogP contribution in [0, 0.1) is 0 Å². The van der Waals surface area contributed by atoms with Crippen LogP contribution in [-0.2, 0) is 26.4 Å². The van der Waals surface area contributed by atoms with E-state index in [1.165, 1.54) is 0 Å². The van der Waals surface area contributed by atoms with Crippen LogP contribution in [0.1, 0.15) is 55.8 Å². The molecule has 6 aromatic carbocycles. The van der Waals surface area contributed by atoms with Crippen LogP contribution in [0.15, 0.2) is 158 Å². The molecule has 6 aromatic rings. The fourth-order valence-electron chi connectivity index (χ4n) is 5.96. The quantitative estimate of drug-likeness (QED) is 0.0673. The second-order valence-electron chi connectivity index (χ2n) is 13.1. The maximum atomic E-state index is 13.7. The van der Waals surface area contributed by atoms with Crippen molar-refractivity contribution in [1.82, 2.24) is 10.6 Å². The van der Waals surface area contributed by atoms with Crippen molar-refractivity contribution in [3.05, 3.63) is 191 Å². The van der Waals surface area contributed by atoms with Gasteiger partial charge in [-0.15, -0.1) is 0 Å². The summed E-state index contributed by atoms with van der Waals surface area (Å²) in [5.74, 6) is 0.827. The van der Waals surface area contributed by atoms with Crippen molar-refractivity contribution in [2.45, 2.75) is 45.3 Å². The summed E-state index contributed by atoms with van der Waals surface area (Å²) in [5, 5.41) is 16.2. The lowest BCUT2D eigenvalue weighted by molar-refractivity contribution is 0.0900. The number of benzene rings is 6. The van der Waals surface area contributed by atoms with Crippen molar-refractivity contribution in [3.63, 3.8) is 0 Å². The van der Waals surface area contributed by atoms with Crippen molar-refractivity contribution in [2.75, 3.05) is 13.2 Å². The standard InChI is InChI=1S/C47H46N2O7/c50-30-39(49-47(52)41-26-14-28-43(54-32-36-18-7-2-8-19-36)45(41)56-34-38-22-11-4-12-23-38)24-15-29-48-46(51)40-25-13-27-42(53-31-35-16-5-1-6-17-35)44(40)55-33-37-20-9-3-10-21-37/h1-14,16-23,25-28,39,50H,15,24,29-34H2,(H,48,51)(H,49,52)/t39-/m0/s1. The molecule has 0 spiro atoms. The van der Waals surface area contributed by atoms with Gasteiger partial charge in [0.15, 0.2) is 23.0 Å². The molecule has 0 unspecified atom stereocenters. The summed E-state index contributed by atoms with van der Waals surface area (Å²) in [4.78, 5) is 27.3. The molecular weight excluding hydrogens is 705 g/mol. The van der Waals surface area contributed by atoms with Crippen molar-refractivity contribution < 1.29 is 33.6 Å². The topological polar surface area (TPSA) is 115 Å². The van der Waals surface area contributed by atoms with E-state index < -0.39 is 11.9 Å². The van der Waals surface area contributed by atoms with Crippen LogP contribution < -0.4 is 29.6 Å². The van der Waals surface area contributed by atoms with E-state index >= 15 is 0 Å². The Labute approximate surface area is 327 Å². The van der Waals surface area contributed by atoms with Crippen molar-refractivity contribution >= 4 is 11.8 Å². The number of aliphatic hydroxyl groups is 1. The van der Waals surface area contributed by atoms with E-state index in [-0.39, 0.29) is 31.3 Å². The lowest BCUT2D eigenvalue weighted by atomic mass is 10.1. The monoisotopic (exact) mass is 750 g/mol. The van der Waals surface area contributed by atoms with Gasteiger partial charge >= 0.3 is 0 Å². The maximum Gasteiger partial charge on any atom is 0.255 e. The molecule has 0 aliphatic carbocycles. The number of ether oxygens (including phenoxy) is 4. The minimum Gasteiger partial charge on any atom is -0.485 e. The maximum absolute atomic E-state index is 13.7. The van der Waals surface area contributed by atoms with E-state index in [1.54, 1.807) is 36.4 Å². The summed E-state index contributed by atoms with van der Waals surface area (Å²) >= 11 is 0. The van der Waals surface area contributed by atoms with E-state index in [1.807, 2.05) is 121 Å². The minimum atomic E-state index is -0.574. The Morgan fingerprint density at radius 1 is 0.482 bits per heavy atom. The Morgan fingerprint density at radius 2 is 0.875 bits per heavy atom. The molecule has 0 radical (unpaired) electrons. The molecule has 0 saturated heterocycles. The molecule has 0 aromatic heterocycles. The first-order valence-electron chi connectivity index (χ1n) is 18.7.